The van der Waals surface area contributed by atoms with E-state index in [0.29, 0.717) is 17.3 Å². The van der Waals surface area contributed by atoms with E-state index in [1.54, 1.807) is 24.3 Å². The first-order valence-electron chi connectivity index (χ1n) is 5.68. The van der Waals surface area contributed by atoms with Gasteiger partial charge in [0.15, 0.2) is 0 Å². The van der Waals surface area contributed by atoms with Crippen LogP contribution < -0.4 is 4.90 Å². The number of carbonyl (C=O) groups is 1. The highest BCUT2D eigenvalue weighted by Crippen LogP contribution is 2.38. The van der Waals surface area contributed by atoms with E-state index in [-0.39, 0.29) is 12.5 Å². The van der Waals surface area contributed by atoms with E-state index in [1.165, 1.54) is 9.80 Å². The number of rotatable bonds is 1. The largest absolute Gasteiger partial charge is 0.325 e. The predicted octanol–water partition coefficient (Wildman–Crippen LogP) is 2.99. The molecule has 3 nitrogen and oxygen atoms in total. The minimum Gasteiger partial charge on any atom is -0.313 e. The van der Waals surface area contributed by atoms with Gasteiger partial charge in [-0.3, -0.25) is 4.90 Å². The van der Waals surface area contributed by atoms with Crippen molar-refractivity contribution in [2.75, 3.05) is 18.0 Å². The Kier molecular flexibility index (Phi) is 2.48. The lowest BCUT2D eigenvalue weighted by Gasteiger charge is -2.19. The molecular formula is C12H11ClF2N2O. The fraction of sp³-hybridized carbons (Fsp3) is 0.417. The summed E-state index contributed by atoms with van der Waals surface area (Å²) in [5.74, 6) is -2.75. The highest BCUT2D eigenvalue weighted by molar-refractivity contribution is 6.30. The van der Waals surface area contributed by atoms with Crippen molar-refractivity contribution in [3.05, 3.63) is 29.3 Å². The van der Waals surface area contributed by atoms with Crippen LogP contribution in [0, 0.1) is 0 Å². The van der Waals surface area contributed by atoms with Crippen molar-refractivity contribution in [3.8, 4) is 0 Å². The minimum absolute atomic E-state index is 0.254. The number of nitrogens with zero attached hydrogens (tertiary/aromatic N) is 2. The molecule has 0 saturated carbocycles. The number of urea groups is 1. The van der Waals surface area contributed by atoms with Crippen LogP contribution in [0.15, 0.2) is 24.3 Å². The number of hydrogen-bond donors (Lipinski definition) is 0. The van der Waals surface area contributed by atoms with Crippen molar-refractivity contribution in [1.82, 2.24) is 4.90 Å². The summed E-state index contributed by atoms with van der Waals surface area (Å²) in [6.45, 7) is -0.178. The van der Waals surface area contributed by atoms with Crippen molar-refractivity contribution >= 4 is 23.3 Å². The molecule has 2 aliphatic heterocycles. The van der Waals surface area contributed by atoms with Crippen LogP contribution in [0.3, 0.4) is 0 Å². The third kappa shape index (κ3) is 1.82. The van der Waals surface area contributed by atoms with E-state index in [1.807, 2.05) is 0 Å². The van der Waals surface area contributed by atoms with E-state index in [2.05, 4.69) is 0 Å². The molecule has 2 saturated heterocycles. The first kappa shape index (κ1) is 11.7. The first-order valence-corrected chi connectivity index (χ1v) is 6.06. The highest BCUT2D eigenvalue weighted by atomic mass is 35.5. The molecule has 2 amide bonds. The van der Waals surface area contributed by atoms with Gasteiger partial charge in [-0.2, -0.15) is 0 Å². The molecule has 0 N–H and O–H groups in total. The summed E-state index contributed by atoms with van der Waals surface area (Å²) in [5.41, 5.74) is 0.658. The fourth-order valence-corrected chi connectivity index (χ4v) is 2.77. The van der Waals surface area contributed by atoms with Crippen LogP contribution in [0.2, 0.25) is 5.02 Å². The average molecular weight is 273 g/mol. The van der Waals surface area contributed by atoms with Crippen LogP contribution in [0.1, 0.15) is 6.42 Å². The molecule has 2 aliphatic rings. The molecule has 1 aromatic rings. The normalized spacial score (nSPS) is 25.7. The van der Waals surface area contributed by atoms with Gasteiger partial charge in [-0.1, -0.05) is 17.7 Å². The van der Waals surface area contributed by atoms with E-state index >= 15 is 0 Å². The molecule has 6 heteroatoms. The van der Waals surface area contributed by atoms with Crippen molar-refractivity contribution < 1.29 is 13.6 Å². The molecule has 1 atom stereocenters. The van der Waals surface area contributed by atoms with Gasteiger partial charge in [0.2, 0.25) is 0 Å². The molecule has 0 radical (unpaired) electrons. The van der Waals surface area contributed by atoms with E-state index in [9.17, 15) is 13.6 Å². The quantitative estimate of drug-likeness (QED) is 0.771. The van der Waals surface area contributed by atoms with Gasteiger partial charge in [-0.15, -0.1) is 0 Å². The maximum Gasteiger partial charge on any atom is 0.325 e. The number of halogens is 3. The lowest BCUT2D eigenvalue weighted by atomic mass is 10.2. The van der Waals surface area contributed by atoms with Gasteiger partial charge in [0.25, 0.3) is 5.92 Å². The maximum atomic E-state index is 13.2. The van der Waals surface area contributed by atoms with Crippen molar-refractivity contribution in [2.45, 2.75) is 18.4 Å². The predicted molar refractivity (Wildman–Crippen MR) is 64.3 cm³/mol. The highest BCUT2D eigenvalue weighted by Gasteiger charge is 2.52. The van der Waals surface area contributed by atoms with Gasteiger partial charge < -0.3 is 4.90 Å². The number of alkyl halides is 2. The zero-order valence-electron chi connectivity index (χ0n) is 9.44. The van der Waals surface area contributed by atoms with Gasteiger partial charge in [0, 0.05) is 23.7 Å². The van der Waals surface area contributed by atoms with Crippen LogP contribution in [0.25, 0.3) is 0 Å². The Bertz CT molecular complexity index is 509. The van der Waals surface area contributed by atoms with Crippen molar-refractivity contribution in [1.29, 1.82) is 0 Å². The van der Waals surface area contributed by atoms with Crippen molar-refractivity contribution in [2.24, 2.45) is 0 Å². The first-order chi connectivity index (χ1) is 8.46. The second-order valence-corrected chi connectivity index (χ2v) is 5.15. The molecule has 0 bridgehead atoms. The van der Waals surface area contributed by atoms with Crippen LogP contribution >= 0.6 is 11.6 Å². The second-order valence-electron chi connectivity index (χ2n) is 4.71. The molecule has 2 fully saturated rings. The molecule has 1 aromatic carbocycles. The van der Waals surface area contributed by atoms with Crippen LogP contribution in [-0.2, 0) is 0 Å². The Morgan fingerprint density at radius 1 is 1.39 bits per heavy atom. The Morgan fingerprint density at radius 3 is 2.83 bits per heavy atom. The minimum atomic E-state index is -2.75. The molecule has 0 aliphatic carbocycles. The molecule has 0 aromatic heterocycles. The zero-order valence-corrected chi connectivity index (χ0v) is 10.2. The maximum absolute atomic E-state index is 13.2. The Balaban J connectivity index is 1.85. The van der Waals surface area contributed by atoms with Crippen LogP contribution in [0.4, 0.5) is 19.3 Å². The Morgan fingerprint density at radius 2 is 2.17 bits per heavy atom. The van der Waals surface area contributed by atoms with E-state index in [4.69, 9.17) is 11.6 Å². The number of hydrogen-bond acceptors (Lipinski definition) is 1. The fourth-order valence-electron chi connectivity index (χ4n) is 2.59. The van der Waals surface area contributed by atoms with Gasteiger partial charge in [0.05, 0.1) is 12.6 Å². The van der Waals surface area contributed by atoms with Gasteiger partial charge >= 0.3 is 6.03 Å². The van der Waals surface area contributed by atoms with E-state index < -0.39 is 18.5 Å². The molecular weight excluding hydrogens is 262 g/mol. The zero-order chi connectivity index (χ0) is 12.9. The number of fused-ring (bicyclic) bond motifs is 1. The lowest BCUT2D eigenvalue weighted by molar-refractivity contribution is 0.0143. The monoisotopic (exact) mass is 272 g/mol. The van der Waals surface area contributed by atoms with Crippen LogP contribution in [0.5, 0.6) is 0 Å². The number of anilines is 1. The summed E-state index contributed by atoms with van der Waals surface area (Å²) in [4.78, 5) is 14.8. The molecule has 1 unspecified atom stereocenters. The summed E-state index contributed by atoms with van der Waals surface area (Å²) < 4.78 is 26.4. The molecule has 3 rings (SSSR count). The van der Waals surface area contributed by atoms with Crippen molar-refractivity contribution in [3.63, 3.8) is 0 Å². The summed E-state index contributed by atoms with van der Waals surface area (Å²) in [5, 5.41) is 0.526. The standard InChI is InChI=1S/C12H11ClF2N2O/c13-8-2-1-3-9(4-8)16-6-10-5-12(14,15)7-17(10)11(16)18/h1-4,10H,5-7H2. The Hall–Kier alpha value is -1.36. The van der Waals surface area contributed by atoms with Crippen LogP contribution in [-0.4, -0.2) is 36.0 Å². The number of amides is 2. The smallest absolute Gasteiger partial charge is 0.313 e. The molecule has 96 valence electrons. The lowest BCUT2D eigenvalue weighted by Crippen LogP contribution is -2.35. The summed E-state index contributed by atoms with van der Waals surface area (Å²) in [6, 6.07) is 6.11. The number of carbonyl (C=O) groups excluding carboxylic acids is 1. The summed E-state index contributed by atoms with van der Waals surface area (Å²) in [7, 11) is 0. The molecule has 18 heavy (non-hydrogen) atoms. The molecule has 2 heterocycles. The second kappa shape index (κ2) is 3.82. The number of benzene rings is 1. The Labute approximate surface area is 108 Å². The van der Waals surface area contributed by atoms with Gasteiger partial charge in [0.1, 0.15) is 0 Å². The third-order valence-electron chi connectivity index (χ3n) is 3.37. The SMILES string of the molecule is O=C1N(c2cccc(Cl)c2)CC2CC(F)(F)CN12. The topological polar surface area (TPSA) is 23.6 Å². The third-order valence-corrected chi connectivity index (χ3v) is 3.60. The van der Waals surface area contributed by atoms with Gasteiger partial charge in [-0.25, -0.2) is 13.6 Å². The average Bonchev–Trinajstić information content (AvgIpc) is 2.73. The molecule has 0 spiro atoms. The summed E-state index contributed by atoms with van der Waals surface area (Å²) >= 11 is 5.87. The summed E-state index contributed by atoms with van der Waals surface area (Å²) in [6.07, 6.45) is -0.254. The van der Waals surface area contributed by atoms with E-state index in [0.717, 1.165) is 0 Å². The van der Waals surface area contributed by atoms with Gasteiger partial charge in [-0.05, 0) is 18.2 Å².